The number of rotatable bonds is 3. The van der Waals surface area contributed by atoms with Crippen LogP contribution in [0.4, 0.5) is 5.95 Å². The van der Waals surface area contributed by atoms with Gasteiger partial charge in [0.2, 0.25) is 11.9 Å². The van der Waals surface area contributed by atoms with Gasteiger partial charge >= 0.3 is 0 Å². The molecule has 2 aromatic rings. The molecule has 0 aliphatic rings. The van der Waals surface area contributed by atoms with E-state index >= 15 is 0 Å². The van der Waals surface area contributed by atoms with Crippen LogP contribution in [0.3, 0.4) is 0 Å². The number of carbonyl (C=O) groups excluding carboxylic acids is 1. The third kappa shape index (κ3) is 3.43. The van der Waals surface area contributed by atoms with Crippen LogP contribution in [0, 0.1) is 0 Å². The smallest absolute Gasteiger partial charge is 0.231 e. The Labute approximate surface area is 108 Å². The Kier molecular flexibility index (Phi) is 3.74. The number of benzene rings is 1. The third-order valence-corrected chi connectivity index (χ3v) is 2.36. The third-order valence-electron chi connectivity index (χ3n) is 2.15. The van der Waals surface area contributed by atoms with Crippen molar-refractivity contribution in [2.24, 2.45) is 0 Å². The highest BCUT2D eigenvalue weighted by Crippen LogP contribution is 2.12. The van der Waals surface area contributed by atoms with Gasteiger partial charge in [-0.1, -0.05) is 23.7 Å². The van der Waals surface area contributed by atoms with Crippen molar-refractivity contribution in [2.45, 2.75) is 6.42 Å². The van der Waals surface area contributed by atoms with E-state index in [2.05, 4.69) is 15.3 Å². The van der Waals surface area contributed by atoms with Gasteiger partial charge in [0.1, 0.15) is 10.9 Å². The van der Waals surface area contributed by atoms with Gasteiger partial charge < -0.3 is 5.11 Å². The Hall–Kier alpha value is -2.14. The first-order valence-electron chi connectivity index (χ1n) is 5.20. The molecule has 1 aromatic carbocycles. The second-order valence-corrected chi connectivity index (χ2v) is 3.99. The van der Waals surface area contributed by atoms with E-state index < -0.39 is 0 Å². The molecule has 0 saturated carbocycles. The number of hydrogen-bond donors (Lipinski definition) is 2. The SMILES string of the molecule is O=C(Cc1cccc(O)c1)Nc1nccc(Cl)n1. The van der Waals surface area contributed by atoms with Gasteiger partial charge in [0.15, 0.2) is 0 Å². The summed E-state index contributed by atoms with van der Waals surface area (Å²) >= 11 is 5.67. The molecule has 1 heterocycles. The Morgan fingerprint density at radius 1 is 1.39 bits per heavy atom. The van der Waals surface area contributed by atoms with Gasteiger partial charge in [-0.25, -0.2) is 9.97 Å². The zero-order chi connectivity index (χ0) is 13.0. The van der Waals surface area contributed by atoms with Crippen LogP contribution >= 0.6 is 11.6 Å². The molecule has 0 aliphatic carbocycles. The summed E-state index contributed by atoms with van der Waals surface area (Å²) in [5, 5.41) is 12.1. The van der Waals surface area contributed by atoms with Crippen molar-refractivity contribution in [1.29, 1.82) is 0 Å². The van der Waals surface area contributed by atoms with Crippen molar-refractivity contribution in [3.8, 4) is 5.75 Å². The maximum absolute atomic E-state index is 11.7. The largest absolute Gasteiger partial charge is 0.508 e. The lowest BCUT2D eigenvalue weighted by Gasteiger charge is -2.04. The molecule has 1 aromatic heterocycles. The van der Waals surface area contributed by atoms with Crippen LogP contribution in [0.15, 0.2) is 36.5 Å². The summed E-state index contributed by atoms with van der Waals surface area (Å²) in [6.07, 6.45) is 1.59. The molecule has 0 aliphatic heterocycles. The fraction of sp³-hybridized carbons (Fsp3) is 0.0833. The van der Waals surface area contributed by atoms with Gasteiger partial charge in [-0.3, -0.25) is 10.1 Å². The van der Waals surface area contributed by atoms with Crippen molar-refractivity contribution < 1.29 is 9.90 Å². The van der Waals surface area contributed by atoms with Crippen molar-refractivity contribution in [3.05, 3.63) is 47.2 Å². The van der Waals surface area contributed by atoms with Gasteiger partial charge in [-0.05, 0) is 23.8 Å². The fourth-order valence-corrected chi connectivity index (χ4v) is 1.55. The Morgan fingerprint density at radius 2 is 2.22 bits per heavy atom. The summed E-state index contributed by atoms with van der Waals surface area (Å²) in [5.41, 5.74) is 0.703. The number of phenolic OH excluding ortho intramolecular Hbond substituents is 1. The molecule has 0 spiro atoms. The van der Waals surface area contributed by atoms with Crippen LogP contribution in [0.2, 0.25) is 5.15 Å². The molecule has 92 valence electrons. The first-order valence-corrected chi connectivity index (χ1v) is 5.57. The quantitative estimate of drug-likeness (QED) is 0.831. The van der Waals surface area contributed by atoms with E-state index in [1.807, 2.05) is 0 Å². The first-order chi connectivity index (χ1) is 8.63. The highest BCUT2D eigenvalue weighted by molar-refractivity contribution is 6.29. The highest BCUT2D eigenvalue weighted by Gasteiger charge is 2.06. The fourth-order valence-electron chi connectivity index (χ4n) is 1.42. The van der Waals surface area contributed by atoms with Crippen LogP contribution in [-0.2, 0) is 11.2 Å². The normalized spacial score (nSPS) is 10.1. The molecule has 18 heavy (non-hydrogen) atoms. The molecule has 0 bridgehead atoms. The lowest BCUT2D eigenvalue weighted by molar-refractivity contribution is -0.115. The van der Waals surface area contributed by atoms with Crippen molar-refractivity contribution in [3.63, 3.8) is 0 Å². The van der Waals surface area contributed by atoms with E-state index in [-0.39, 0.29) is 29.2 Å². The maximum Gasteiger partial charge on any atom is 0.231 e. The van der Waals surface area contributed by atoms with Gasteiger partial charge in [0.05, 0.1) is 6.42 Å². The summed E-state index contributed by atoms with van der Waals surface area (Å²) in [6.45, 7) is 0. The molecule has 0 fully saturated rings. The molecule has 0 atom stereocenters. The number of hydrogen-bond acceptors (Lipinski definition) is 4. The van der Waals surface area contributed by atoms with E-state index in [0.29, 0.717) is 5.56 Å². The average Bonchev–Trinajstić information content (AvgIpc) is 2.28. The van der Waals surface area contributed by atoms with Gasteiger partial charge in [0, 0.05) is 6.20 Å². The molecule has 0 saturated heterocycles. The number of aromatic nitrogens is 2. The number of aromatic hydroxyl groups is 1. The van der Waals surface area contributed by atoms with E-state index in [4.69, 9.17) is 11.6 Å². The van der Waals surface area contributed by atoms with Crippen LogP contribution in [0.25, 0.3) is 0 Å². The Balaban J connectivity index is 2.01. The molecule has 0 radical (unpaired) electrons. The minimum absolute atomic E-state index is 0.124. The van der Waals surface area contributed by atoms with Gasteiger partial charge in [-0.15, -0.1) is 0 Å². The molecule has 0 unspecified atom stereocenters. The van der Waals surface area contributed by atoms with E-state index in [9.17, 15) is 9.90 Å². The minimum Gasteiger partial charge on any atom is -0.508 e. The zero-order valence-electron chi connectivity index (χ0n) is 9.30. The molecule has 5 nitrogen and oxygen atoms in total. The van der Waals surface area contributed by atoms with Crippen molar-refractivity contribution in [2.75, 3.05) is 5.32 Å². The summed E-state index contributed by atoms with van der Waals surface area (Å²) in [4.78, 5) is 19.4. The molecule has 6 heteroatoms. The monoisotopic (exact) mass is 263 g/mol. The lowest BCUT2D eigenvalue weighted by atomic mass is 10.1. The van der Waals surface area contributed by atoms with E-state index in [1.165, 1.54) is 18.3 Å². The highest BCUT2D eigenvalue weighted by atomic mass is 35.5. The van der Waals surface area contributed by atoms with Crippen LogP contribution in [0.1, 0.15) is 5.56 Å². The second-order valence-electron chi connectivity index (χ2n) is 3.60. The minimum atomic E-state index is -0.275. The predicted molar refractivity (Wildman–Crippen MR) is 67.5 cm³/mol. The number of nitrogens with zero attached hydrogens (tertiary/aromatic N) is 2. The van der Waals surface area contributed by atoms with Crippen LogP contribution in [-0.4, -0.2) is 21.0 Å². The summed E-state index contributed by atoms with van der Waals surface area (Å²) in [5.74, 6) is 0.00910. The zero-order valence-corrected chi connectivity index (χ0v) is 10.1. The van der Waals surface area contributed by atoms with Crippen LogP contribution in [0.5, 0.6) is 5.75 Å². The predicted octanol–water partition coefficient (Wildman–Crippen LogP) is 2.02. The van der Waals surface area contributed by atoms with Gasteiger partial charge in [-0.2, -0.15) is 0 Å². The first kappa shape index (κ1) is 12.3. The molecule has 1 amide bonds. The average molecular weight is 264 g/mol. The Bertz CT molecular complexity index is 525. The topological polar surface area (TPSA) is 75.1 Å². The van der Waals surface area contributed by atoms with Crippen molar-refractivity contribution >= 4 is 23.5 Å². The number of amides is 1. The molecular weight excluding hydrogens is 254 g/mol. The number of carbonyl (C=O) groups is 1. The second kappa shape index (κ2) is 5.46. The van der Waals surface area contributed by atoms with Crippen molar-refractivity contribution in [1.82, 2.24) is 9.97 Å². The summed E-state index contributed by atoms with van der Waals surface area (Å²) in [6, 6.07) is 8.01. The summed E-state index contributed by atoms with van der Waals surface area (Å²) < 4.78 is 0. The number of phenols is 1. The number of anilines is 1. The maximum atomic E-state index is 11.7. The number of nitrogens with one attached hydrogen (secondary N) is 1. The molecule has 2 rings (SSSR count). The molecular formula is C12H10ClN3O2. The van der Waals surface area contributed by atoms with E-state index in [0.717, 1.165) is 0 Å². The van der Waals surface area contributed by atoms with E-state index in [1.54, 1.807) is 18.2 Å². The number of halogens is 1. The lowest BCUT2D eigenvalue weighted by Crippen LogP contribution is -2.16. The summed E-state index contributed by atoms with van der Waals surface area (Å²) in [7, 11) is 0. The van der Waals surface area contributed by atoms with Crippen LogP contribution < -0.4 is 5.32 Å². The molecule has 2 N–H and O–H groups in total. The Morgan fingerprint density at radius 3 is 2.94 bits per heavy atom. The standard InChI is InChI=1S/C12H10ClN3O2/c13-10-4-5-14-12(15-10)16-11(18)7-8-2-1-3-9(17)6-8/h1-6,17H,7H2,(H,14,15,16,18). The van der Waals surface area contributed by atoms with Gasteiger partial charge in [0.25, 0.3) is 0 Å².